The standard InChI is InChI=1S/C32H29NO10S3/c1-31(2)25-20(18-10-8-9-11-19(18)33(31)26(34)16-12-14-17(39-3)15-13-16)32(21(27(35)40-4)22(44-25)28(36)41-5)45-23(29(37)42-6)24(46-32)30(38)43-7/h8-15H,1-7H3. The van der Waals surface area contributed by atoms with Crippen molar-refractivity contribution in [2.45, 2.75) is 23.5 Å². The first kappa shape index (κ1) is 33.2. The van der Waals surface area contributed by atoms with Crippen molar-refractivity contribution in [1.82, 2.24) is 0 Å². The van der Waals surface area contributed by atoms with Crippen molar-refractivity contribution in [1.29, 1.82) is 0 Å². The number of ether oxygens (including phenoxy) is 5. The van der Waals surface area contributed by atoms with Gasteiger partial charge in [0.05, 0.1) is 52.3 Å². The van der Waals surface area contributed by atoms with Gasteiger partial charge >= 0.3 is 23.9 Å². The number of hydrogen-bond donors (Lipinski definition) is 0. The number of benzene rings is 2. The molecule has 0 aromatic heterocycles. The number of carbonyl (C=O) groups is 5. The number of anilines is 1. The summed E-state index contributed by atoms with van der Waals surface area (Å²) in [4.78, 5) is 69.6. The average Bonchev–Trinajstić information content (AvgIpc) is 3.46. The van der Waals surface area contributed by atoms with Crippen molar-refractivity contribution >= 4 is 76.3 Å². The minimum absolute atomic E-state index is 0.115. The number of nitrogens with zero attached hydrogens (tertiary/aromatic N) is 1. The highest BCUT2D eigenvalue weighted by Gasteiger charge is 2.61. The topological polar surface area (TPSA) is 135 Å². The number of esters is 4. The van der Waals surface area contributed by atoms with Crippen molar-refractivity contribution in [3.8, 4) is 5.75 Å². The largest absolute Gasteiger partial charge is 0.497 e. The Morgan fingerprint density at radius 3 is 1.72 bits per heavy atom. The maximum absolute atomic E-state index is 14.4. The number of fused-ring (bicyclic) bond motifs is 3. The molecule has 0 bridgehead atoms. The van der Waals surface area contributed by atoms with E-state index in [1.54, 1.807) is 53.4 Å². The summed E-state index contributed by atoms with van der Waals surface area (Å²) in [5.74, 6) is -3.14. The first-order chi connectivity index (χ1) is 21.9. The summed E-state index contributed by atoms with van der Waals surface area (Å²) in [5.41, 5.74) is 0.632. The Bertz CT molecular complexity index is 1750. The van der Waals surface area contributed by atoms with Gasteiger partial charge in [0.15, 0.2) is 0 Å². The van der Waals surface area contributed by atoms with E-state index < -0.39 is 33.5 Å². The molecule has 3 aliphatic heterocycles. The predicted molar refractivity (Wildman–Crippen MR) is 175 cm³/mol. The van der Waals surface area contributed by atoms with Crippen LogP contribution in [0.4, 0.5) is 5.69 Å². The van der Waals surface area contributed by atoms with Crippen LogP contribution in [0.15, 0.2) is 73.7 Å². The molecule has 0 unspecified atom stereocenters. The number of para-hydroxylation sites is 1. The molecule has 1 spiro atoms. The molecule has 0 N–H and O–H groups in total. The summed E-state index contributed by atoms with van der Waals surface area (Å²) in [6.07, 6.45) is 0. The molecule has 0 aliphatic carbocycles. The fourth-order valence-electron chi connectivity index (χ4n) is 5.49. The Morgan fingerprint density at radius 1 is 0.674 bits per heavy atom. The quantitative estimate of drug-likeness (QED) is 0.301. The van der Waals surface area contributed by atoms with Gasteiger partial charge in [0.1, 0.15) is 24.5 Å². The molecule has 0 atom stereocenters. The van der Waals surface area contributed by atoms with Crippen molar-refractivity contribution < 1.29 is 47.7 Å². The van der Waals surface area contributed by atoms with E-state index in [4.69, 9.17) is 23.7 Å². The van der Waals surface area contributed by atoms with E-state index in [2.05, 4.69) is 0 Å². The van der Waals surface area contributed by atoms with Gasteiger partial charge in [-0.3, -0.25) is 9.69 Å². The first-order valence-corrected chi connectivity index (χ1v) is 16.1. The van der Waals surface area contributed by atoms with Gasteiger partial charge in [-0.15, -0.1) is 0 Å². The van der Waals surface area contributed by atoms with E-state index in [0.29, 0.717) is 33.0 Å². The van der Waals surface area contributed by atoms with E-state index >= 15 is 0 Å². The lowest BCUT2D eigenvalue weighted by molar-refractivity contribution is -0.138. The number of thioether (sulfide) groups is 3. The summed E-state index contributed by atoms with van der Waals surface area (Å²) >= 11 is 2.73. The molecule has 3 aliphatic rings. The molecule has 0 fully saturated rings. The highest BCUT2D eigenvalue weighted by Crippen LogP contribution is 2.71. The van der Waals surface area contributed by atoms with Crippen molar-refractivity contribution in [2.75, 3.05) is 40.4 Å². The minimum Gasteiger partial charge on any atom is -0.497 e. The summed E-state index contributed by atoms with van der Waals surface area (Å²) in [6, 6.07) is 13.8. The number of rotatable bonds is 6. The first-order valence-electron chi connectivity index (χ1n) is 13.6. The van der Waals surface area contributed by atoms with Crippen LogP contribution in [0.5, 0.6) is 5.75 Å². The number of carbonyl (C=O) groups excluding carboxylic acids is 5. The summed E-state index contributed by atoms with van der Waals surface area (Å²) in [7, 11) is 6.21. The Hall–Kier alpha value is -4.14. The lowest BCUT2D eigenvalue weighted by Gasteiger charge is -2.50. The summed E-state index contributed by atoms with van der Waals surface area (Å²) in [6.45, 7) is 3.64. The van der Waals surface area contributed by atoms with Crippen LogP contribution >= 0.6 is 35.3 Å². The fraction of sp³-hybridized carbons (Fsp3) is 0.281. The third-order valence-electron chi connectivity index (χ3n) is 7.59. The van der Waals surface area contributed by atoms with Crippen LogP contribution in [-0.2, 0) is 38.1 Å². The van der Waals surface area contributed by atoms with Crippen LogP contribution in [0.3, 0.4) is 0 Å². The van der Waals surface area contributed by atoms with Crippen LogP contribution in [0.2, 0.25) is 0 Å². The predicted octanol–water partition coefficient (Wildman–Crippen LogP) is 4.93. The molecule has 11 nitrogen and oxygen atoms in total. The second kappa shape index (κ2) is 12.6. The number of methoxy groups -OCH3 is 5. The Kier molecular flexibility index (Phi) is 9.08. The van der Waals surface area contributed by atoms with E-state index in [1.807, 2.05) is 13.8 Å². The van der Waals surface area contributed by atoms with E-state index in [0.717, 1.165) is 35.3 Å². The van der Waals surface area contributed by atoms with Gasteiger partial charge < -0.3 is 23.7 Å². The molecule has 2 aromatic rings. The van der Waals surface area contributed by atoms with Crippen LogP contribution in [0.1, 0.15) is 29.8 Å². The van der Waals surface area contributed by atoms with Gasteiger partial charge in [-0.25, -0.2) is 19.2 Å². The molecule has 5 rings (SSSR count). The second-order valence-corrected chi connectivity index (χ2v) is 14.1. The highest BCUT2D eigenvalue weighted by molar-refractivity contribution is 8.26. The van der Waals surface area contributed by atoms with E-state index in [-0.39, 0.29) is 26.2 Å². The van der Waals surface area contributed by atoms with E-state index in [1.165, 1.54) is 35.5 Å². The molecule has 14 heteroatoms. The molecule has 1 amide bonds. The van der Waals surface area contributed by atoms with Crippen LogP contribution in [-0.4, -0.2) is 75.0 Å². The van der Waals surface area contributed by atoms with Crippen molar-refractivity contribution in [3.05, 3.63) is 84.9 Å². The molecule has 0 radical (unpaired) electrons. The normalized spacial score (nSPS) is 17.7. The monoisotopic (exact) mass is 683 g/mol. The van der Waals surface area contributed by atoms with Crippen LogP contribution < -0.4 is 9.64 Å². The van der Waals surface area contributed by atoms with Gasteiger partial charge in [-0.05, 0) is 44.2 Å². The molecule has 2 aromatic carbocycles. The number of amides is 1. The molecule has 46 heavy (non-hydrogen) atoms. The maximum Gasteiger partial charge on any atom is 0.345 e. The Balaban J connectivity index is 1.84. The average molecular weight is 684 g/mol. The Labute approximate surface area is 277 Å². The van der Waals surface area contributed by atoms with Crippen molar-refractivity contribution in [2.24, 2.45) is 0 Å². The van der Waals surface area contributed by atoms with Crippen LogP contribution in [0.25, 0.3) is 5.57 Å². The summed E-state index contributed by atoms with van der Waals surface area (Å²) in [5, 5.41) is 0. The molecule has 0 saturated heterocycles. The maximum atomic E-state index is 14.4. The molecule has 0 saturated carbocycles. The smallest absolute Gasteiger partial charge is 0.345 e. The Morgan fingerprint density at radius 2 is 1.20 bits per heavy atom. The zero-order valence-electron chi connectivity index (χ0n) is 25.9. The molecule has 3 heterocycles. The third kappa shape index (κ3) is 5.08. The number of hydrogen-bond acceptors (Lipinski definition) is 13. The van der Waals surface area contributed by atoms with Gasteiger partial charge in [-0.2, -0.15) is 0 Å². The van der Waals surface area contributed by atoms with Gasteiger partial charge in [0.2, 0.25) is 0 Å². The molecular weight excluding hydrogens is 655 g/mol. The zero-order valence-corrected chi connectivity index (χ0v) is 28.3. The lowest BCUT2D eigenvalue weighted by atomic mass is 9.83. The van der Waals surface area contributed by atoms with Crippen LogP contribution in [0, 0.1) is 0 Å². The van der Waals surface area contributed by atoms with E-state index in [9.17, 15) is 24.0 Å². The summed E-state index contributed by atoms with van der Waals surface area (Å²) < 4.78 is 24.0. The lowest BCUT2D eigenvalue weighted by Crippen LogP contribution is -2.53. The SMILES string of the molecule is COC(=O)C1=C(C(=O)OC)SC2(S1)C(C(=O)OC)=C(C(=O)OC)SC1=C2c2ccccc2N(C(=O)c2ccc(OC)cc2)C1(C)C. The molecular formula is C32H29NO10S3. The minimum atomic E-state index is -1.65. The fourth-order valence-corrected chi connectivity index (χ4v) is 10.5. The van der Waals surface area contributed by atoms with Gasteiger partial charge in [-0.1, -0.05) is 53.5 Å². The third-order valence-corrected chi connectivity index (χ3v) is 12.2. The van der Waals surface area contributed by atoms with Gasteiger partial charge in [0, 0.05) is 21.6 Å². The van der Waals surface area contributed by atoms with Gasteiger partial charge in [0.25, 0.3) is 5.91 Å². The van der Waals surface area contributed by atoms with Crippen molar-refractivity contribution in [3.63, 3.8) is 0 Å². The highest BCUT2D eigenvalue weighted by atomic mass is 32.2. The second-order valence-electron chi connectivity index (χ2n) is 10.4. The molecule has 240 valence electrons. The zero-order chi connectivity index (χ0) is 33.6.